The normalized spacial score (nSPS) is 15.3. The SMILES string of the molecule is CCOP(=O)(OCC)C(O)CCC[N+](C)([O-])C(=O)c1ccccc1C=O. The third kappa shape index (κ3) is 5.81. The quantitative estimate of drug-likeness (QED) is 0.269. The van der Waals surface area contributed by atoms with E-state index in [-0.39, 0.29) is 43.7 Å². The van der Waals surface area contributed by atoms with Crippen LogP contribution < -0.4 is 0 Å². The van der Waals surface area contributed by atoms with Gasteiger partial charge in [-0.2, -0.15) is 0 Å². The van der Waals surface area contributed by atoms with Gasteiger partial charge in [0.05, 0.1) is 32.4 Å². The molecule has 0 aliphatic heterocycles. The minimum absolute atomic E-state index is 0.0179. The summed E-state index contributed by atoms with van der Waals surface area (Å²) in [7, 11) is -2.49. The second kappa shape index (κ2) is 10.1. The minimum Gasteiger partial charge on any atom is -0.625 e. The maximum Gasteiger partial charge on any atom is 0.358 e. The molecule has 8 nitrogen and oxygen atoms in total. The first-order valence-corrected chi connectivity index (χ1v) is 10.1. The van der Waals surface area contributed by atoms with E-state index in [1.54, 1.807) is 26.0 Å². The van der Waals surface area contributed by atoms with Crippen LogP contribution in [0.4, 0.5) is 0 Å². The van der Waals surface area contributed by atoms with E-state index in [0.717, 1.165) is 0 Å². The lowest BCUT2D eigenvalue weighted by molar-refractivity contribution is -0.776. The molecule has 0 fully saturated rings. The number of benzene rings is 1. The smallest absolute Gasteiger partial charge is 0.358 e. The lowest BCUT2D eigenvalue weighted by Crippen LogP contribution is -2.45. The van der Waals surface area contributed by atoms with Gasteiger partial charge in [0.1, 0.15) is 0 Å². The Balaban J connectivity index is 2.74. The topological polar surface area (TPSA) is 113 Å². The number of rotatable bonds is 11. The molecule has 1 rings (SSSR count). The Hall–Kier alpha value is -1.41. The zero-order valence-electron chi connectivity index (χ0n) is 15.3. The van der Waals surface area contributed by atoms with E-state index in [1.807, 2.05) is 0 Å². The van der Waals surface area contributed by atoms with Crippen molar-refractivity contribution in [3.05, 3.63) is 40.6 Å². The van der Waals surface area contributed by atoms with Crippen LogP contribution in [0.25, 0.3) is 0 Å². The van der Waals surface area contributed by atoms with E-state index in [0.29, 0.717) is 6.29 Å². The highest BCUT2D eigenvalue weighted by Gasteiger charge is 2.34. The second-order valence-corrected chi connectivity index (χ2v) is 8.03. The Kier molecular flexibility index (Phi) is 8.76. The van der Waals surface area contributed by atoms with Crippen molar-refractivity contribution in [2.75, 3.05) is 26.8 Å². The largest absolute Gasteiger partial charge is 0.625 e. The molecule has 1 amide bonds. The summed E-state index contributed by atoms with van der Waals surface area (Å²) in [6.45, 7) is 3.34. The molecule has 0 aliphatic carbocycles. The lowest BCUT2D eigenvalue weighted by Gasteiger charge is -2.36. The summed E-state index contributed by atoms with van der Waals surface area (Å²) >= 11 is 0. The average molecular weight is 387 g/mol. The molecule has 9 heteroatoms. The molecule has 1 aromatic carbocycles. The fourth-order valence-corrected chi connectivity index (χ4v) is 4.09. The van der Waals surface area contributed by atoms with E-state index < -0.39 is 24.0 Å². The molecule has 0 aliphatic rings. The number of carbonyl (C=O) groups excluding carboxylic acids is 2. The summed E-state index contributed by atoms with van der Waals surface area (Å²) in [5.41, 5.74) is 0.199. The second-order valence-electron chi connectivity index (χ2n) is 5.83. The first-order chi connectivity index (χ1) is 12.2. The minimum atomic E-state index is -3.67. The van der Waals surface area contributed by atoms with Gasteiger partial charge in [0.2, 0.25) is 0 Å². The number of hydrogen-bond donors (Lipinski definition) is 1. The molecule has 0 aromatic heterocycles. The third-order valence-electron chi connectivity index (χ3n) is 3.78. The Labute approximate surface area is 153 Å². The van der Waals surface area contributed by atoms with Gasteiger partial charge in [-0.25, -0.2) is 4.79 Å². The van der Waals surface area contributed by atoms with Gasteiger partial charge in [-0.3, -0.25) is 14.0 Å². The predicted molar refractivity (Wildman–Crippen MR) is 96.7 cm³/mol. The molecule has 0 bridgehead atoms. The fraction of sp³-hybridized carbons (Fsp3) is 0.529. The highest BCUT2D eigenvalue weighted by molar-refractivity contribution is 7.54. The van der Waals surface area contributed by atoms with E-state index >= 15 is 0 Å². The van der Waals surface area contributed by atoms with Crippen LogP contribution in [0.5, 0.6) is 0 Å². The summed E-state index contributed by atoms with van der Waals surface area (Å²) in [5.74, 6) is -2.13. The van der Waals surface area contributed by atoms with Crippen molar-refractivity contribution < 1.29 is 33.0 Å². The van der Waals surface area contributed by atoms with E-state index in [2.05, 4.69) is 0 Å². The highest BCUT2D eigenvalue weighted by atomic mass is 31.2. The zero-order chi connectivity index (χ0) is 19.8. The van der Waals surface area contributed by atoms with Gasteiger partial charge < -0.3 is 19.4 Å². The van der Waals surface area contributed by atoms with Crippen molar-refractivity contribution in [2.45, 2.75) is 32.5 Å². The van der Waals surface area contributed by atoms with Gasteiger partial charge in [0.25, 0.3) is 0 Å². The number of aldehydes is 1. The summed E-state index contributed by atoms with van der Waals surface area (Å²) in [4.78, 5) is 23.5. The van der Waals surface area contributed by atoms with Crippen molar-refractivity contribution in [3.8, 4) is 0 Å². The van der Waals surface area contributed by atoms with Gasteiger partial charge in [-0.1, -0.05) is 18.2 Å². The molecule has 2 unspecified atom stereocenters. The molecule has 2 atom stereocenters. The van der Waals surface area contributed by atoms with Crippen LogP contribution in [0.3, 0.4) is 0 Å². The molecule has 0 spiro atoms. The molecule has 1 aromatic rings. The first kappa shape index (κ1) is 22.6. The summed E-state index contributed by atoms with van der Waals surface area (Å²) in [6.07, 6.45) is 0.633. The predicted octanol–water partition coefficient (Wildman–Crippen LogP) is 2.95. The van der Waals surface area contributed by atoms with E-state index in [4.69, 9.17) is 9.05 Å². The maximum atomic E-state index is 12.6. The zero-order valence-corrected chi connectivity index (χ0v) is 16.2. The number of carbonyl (C=O) groups is 2. The number of hydrogen-bond acceptors (Lipinski definition) is 7. The number of hydroxylamine groups is 3. The fourth-order valence-electron chi connectivity index (χ4n) is 2.45. The summed E-state index contributed by atoms with van der Waals surface area (Å²) < 4.78 is 21.3. The average Bonchev–Trinajstić information content (AvgIpc) is 2.61. The van der Waals surface area contributed by atoms with Gasteiger partial charge in [0.15, 0.2) is 12.1 Å². The van der Waals surface area contributed by atoms with Crippen LogP contribution in [0.2, 0.25) is 0 Å². The van der Waals surface area contributed by atoms with Crippen molar-refractivity contribution in [3.63, 3.8) is 0 Å². The van der Waals surface area contributed by atoms with Crippen LogP contribution in [0, 0.1) is 5.21 Å². The maximum absolute atomic E-state index is 12.6. The van der Waals surface area contributed by atoms with Gasteiger partial charge >= 0.3 is 13.5 Å². The molecule has 26 heavy (non-hydrogen) atoms. The number of amides is 1. The molecule has 1 N–H and O–H groups in total. The Bertz CT molecular complexity index is 652. The molecule has 0 saturated carbocycles. The Morgan fingerprint density at radius 1 is 1.31 bits per heavy atom. The standard InChI is InChI=1S/C17H26NO7P/c1-4-24-26(23,25-5-2)16(20)11-8-12-18(3,22)17(21)15-10-7-6-9-14(15)13-19/h6-7,9-10,13,16,20H,4-5,8,11-12H2,1-3H3. The highest BCUT2D eigenvalue weighted by Crippen LogP contribution is 2.53. The number of aliphatic hydroxyl groups is 1. The van der Waals surface area contributed by atoms with Crippen LogP contribution in [-0.4, -0.2) is 54.6 Å². The third-order valence-corrected chi connectivity index (χ3v) is 6.00. The van der Waals surface area contributed by atoms with Gasteiger partial charge in [0, 0.05) is 12.0 Å². The lowest BCUT2D eigenvalue weighted by atomic mass is 10.1. The summed E-state index contributed by atoms with van der Waals surface area (Å²) in [6, 6.07) is 6.06. The number of nitrogens with zero attached hydrogens (tertiary/aromatic N) is 1. The van der Waals surface area contributed by atoms with Crippen molar-refractivity contribution in [1.29, 1.82) is 0 Å². The van der Waals surface area contributed by atoms with Crippen LogP contribution in [-0.2, 0) is 13.6 Å². The van der Waals surface area contributed by atoms with Crippen molar-refractivity contribution in [2.24, 2.45) is 0 Å². The first-order valence-electron chi connectivity index (χ1n) is 8.44. The summed E-state index contributed by atoms with van der Waals surface area (Å²) in [5, 5.41) is 22.7. The molecular weight excluding hydrogens is 361 g/mol. The number of aliphatic hydroxyl groups excluding tert-OH is 1. The van der Waals surface area contributed by atoms with Crippen molar-refractivity contribution >= 4 is 19.8 Å². The van der Waals surface area contributed by atoms with Gasteiger partial charge in [-0.15, -0.1) is 0 Å². The molecule has 0 saturated heterocycles. The Morgan fingerprint density at radius 2 is 1.88 bits per heavy atom. The Morgan fingerprint density at radius 3 is 2.42 bits per heavy atom. The van der Waals surface area contributed by atoms with Gasteiger partial charge in [-0.05, 0) is 26.3 Å². The number of quaternary nitrogens is 1. The van der Waals surface area contributed by atoms with E-state index in [1.165, 1.54) is 19.2 Å². The monoisotopic (exact) mass is 387 g/mol. The molecule has 0 heterocycles. The van der Waals surface area contributed by atoms with Crippen LogP contribution in [0.1, 0.15) is 47.4 Å². The van der Waals surface area contributed by atoms with Crippen LogP contribution in [0.15, 0.2) is 24.3 Å². The molecule has 0 radical (unpaired) electrons. The molecule has 146 valence electrons. The van der Waals surface area contributed by atoms with Crippen LogP contribution >= 0.6 is 7.60 Å². The van der Waals surface area contributed by atoms with E-state index in [9.17, 15) is 24.5 Å². The molecular formula is C17H26NO7P. The van der Waals surface area contributed by atoms with Crippen molar-refractivity contribution in [1.82, 2.24) is 0 Å².